The molecule has 6 rings (SSSR count). The second-order valence-electron chi connectivity index (χ2n) is 12.2. The topological polar surface area (TPSA) is 106 Å². The van der Waals surface area contributed by atoms with Gasteiger partial charge in [0.15, 0.2) is 17.3 Å². The van der Waals surface area contributed by atoms with E-state index in [0.29, 0.717) is 41.8 Å². The number of benzene rings is 3. The number of hydrogen-bond donors (Lipinski definition) is 1. The van der Waals surface area contributed by atoms with Crippen molar-refractivity contribution in [1.29, 1.82) is 0 Å². The van der Waals surface area contributed by atoms with Gasteiger partial charge in [0.2, 0.25) is 11.8 Å². The Morgan fingerprint density at radius 3 is 2.39 bits per heavy atom. The smallest absolute Gasteiger partial charge is 0.422 e. The van der Waals surface area contributed by atoms with Gasteiger partial charge in [-0.05, 0) is 73.7 Å². The SMILES string of the molecule is COc1ccc(CCCCc2oc(=O)n(CCCN3CCN(c4ccccc4)CC3)c2O)cc1OCc1coc(C=Cc2ccccc2)n1. The number of aryl methyl sites for hydroxylation is 2. The molecule has 0 saturated carbocycles. The summed E-state index contributed by atoms with van der Waals surface area (Å²) in [5, 5.41) is 10.8. The van der Waals surface area contributed by atoms with Gasteiger partial charge >= 0.3 is 5.76 Å². The molecule has 1 fully saturated rings. The summed E-state index contributed by atoms with van der Waals surface area (Å²) in [6, 6.07) is 26.3. The lowest BCUT2D eigenvalue weighted by atomic mass is 10.1. The van der Waals surface area contributed by atoms with E-state index < -0.39 is 5.76 Å². The van der Waals surface area contributed by atoms with Gasteiger partial charge in [-0.15, -0.1) is 0 Å². The van der Waals surface area contributed by atoms with Crippen LogP contribution in [0.2, 0.25) is 0 Å². The molecule has 0 atom stereocenters. The van der Waals surface area contributed by atoms with Crippen LogP contribution in [0, 0.1) is 0 Å². The lowest BCUT2D eigenvalue weighted by molar-refractivity contribution is 0.247. The Morgan fingerprint density at radius 1 is 0.857 bits per heavy atom. The van der Waals surface area contributed by atoms with Crippen LogP contribution in [0.5, 0.6) is 17.4 Å². The van der Waals surface area contributed by atoms with Gasteiger partial charge in [-0.2, -0.15) is 0 Å². The zero-order valence-corrected chi connectivity index (χ0v) is 28.0. The van der Waals surface area contributed by atoms with E-state index in [-0.39, 0.29) is 12.5 Å². The normalized spacial score (nSPS) is 13.7. The lowest BCUT2D eigenvalue weighted by Crippen LogP contribution is -2.46. The van der Waals surface area contributed by atoms with Gasteiger partial charge in [0.1, 0.15) is 18.6 Å². The fraction of sp³-hybridized carbons (Fsp3) is 0.333. The summed E-state index contributed by atoms with van der Waals surface area (Å²) in [4.78, 5) is 21.8. The first-order valence-corrected chi connectivity index (χ1v) is 17.0. The molecule has 10 heteroatoms. The molecule has 0 aliphatic carbocycles. The van der Waals surface area contributed by atoms with E-state index in [1.807, 2.05) is 66.7 Å². The van der Waals surface area contributed by atoms with E-state index >= 15 is 0 Å². The molecule has 0 spiro atoms. The standard InChI is InChI=1S/C39H44N4O6/c1-46-34-19-17-31(27-36(34)47-28-32-29-48-37(40-32)20-18-30-11-4-2-5-12-30)13-8-9-16-35-38(44)43(39(45)49-35)22-10-21-41-23-25-42(26-24-41)33-14-6-3-7-15-33/h2-7,11-12,14-15,17-20,27,29,44H,8-10,13,16,21-26,28H2,1H3. The number of nitrogens with zero attached hydrogens (tertiary/aromatic N) is 4. The first-order valence-electron chi connectivity index (χ1n) is 17.0. The number of piperazine rings is 1. The van der Waals surface area contributed by atoms with Crippen molar-refractivity contribution in [2.24, 2.45) is 0 Å². The number of methoxy groups -OCH3 is 1. The van der Waals surface area contributed by atoms with Gasteiger partial charge in [0, 0.05) is 50.9 Å². The van der Waals surface area contributed by atoms with Crippen LogP contribution in [0.25, 0.3) is 12.2 Å². The van der Waals surface area contributed by atoms with Gasteiger partial charge in [0.05, 0.1) is 7.11 Å². The Hall–Kier alpha value is -5.22. The molecule has 0 amide bonds. The third-order valence-electron chi connectivity index (χ3n) is 8.80. The van der Waals surface area contributed by atoms with Gasteiger partial charge in [-0.25, -0.2) is 14.3 Å². The Kier molecular flexibility index (Phi) is 11.5. The van der Waals surface area contributed by atoms with Crippen molar-refractivity contribution in [2.75, 3.05) is 44.7 Å². The van der Waals surface area contributed by atoms with Crippen LogP contribution in [-0.4, -0.2) is 59.4 Å². The first-order chi connectivity index (χ1) is 24.1. The van der Waals surface area contributed by atoms with Crippen molar-refractivity contribution in [3.8, 4) is 17.4 Å². The quantitative estimate of drug-likeness (QED) is 0.116. The highest BCUT2D eigenvalue weighted by molar-refractivity contribution is 5.65. The van der Waals surface area contributed by atoms with E-state index in [2.05, 4.69) is 39.0 Å². The summed E-state index contributed by atoms with van der Waals surface area (Å²) in [7, 11) is 1.62. The molecule has 0 unspecified atom stereocenters. The van der Waals surface area contributed by atoms with Crippen molar-refractivity contribution in [3.63, 3.8) is 0 Å². The molecule has 0 radical (unpaired) electrons. The molecule has 256 valence electrons. The molecule has 1 aliphatic heterocycles. The van der Waals surface area contributed by atoms with E-state index in [4.69, 9.17) is 18.3 Å². The van der Waals surface area contributed by atoms with Crippen LogP contribution in [0.3, 0.4) is 0 Å². The number of aromatic nitrogens is 2. The Labute approximate surface area is 286 Å². The van der Waals surface area contributed by atoms with Gasteiger partial charge < -0.3 is 28.3 Å². The van der Waals surface area contributed by atoms with Gasteiger partial charge in [0.25, 0.3) is 0 Å². The fourth-order valence-electron chi connectivity index (χ4n) is 6.08. The van der Waals surface area contributed by atoms with E-state index in [1.54, 1.807) is 13.4 Å². The highest BCUT2D eigenvalue weighted by atomic mass is 16.5. The Bertz CT molecular complexity index is 1840. The van der Waals surface area contributed by atoms with Crippen LogP contribution in [-0.2, 0) is 26.0 Å². The van der Waals surface area contributed by atoms with Crippen LogP contribution in [0.1, 0.15) is 47.7 Å². The lowest BCUT2D eigenvalue weighted by Gasteiger charge is -2.36. The van der Waals surface area contributed by atoms with Crippen molar-refractivity contribution < 1.29 is 23.4 Å². The number of rotatable bonds is 16. The Balaban J connectivity index is 0.932. The fourth-order valence-corrected chi connectivity index (χ4v) is 6.08. The van der Waals surface area contributed by atoms with Crippen molar-refractivity contribution in [3.05, 3.63) is 124 Å². The number of hydrogen-bond acceptors (Lipinski definition) is 9. The van der Waals surface area contributed by atoms with Crippen LogP contribution < -0.4 is 20.1 Å². The average Bonchev–Trinajstić information content (AvgIpc) is 3.72. The minimum Gasteiger partial charge on any atom is -0.493 e. The van der Waals surface area contributed by atoms with Crippen LogP contribution >= 0.6 is 0 Å². The summed E-state index contributed by atoms with van der Waals surface area (Å²) in [6.45, 7) is 5.45. The maximum Gasteiger partial charge on any atom is 0.422 e. The van der Waals surface area contributed by atoms with Crippen molar-refractivity contribution >= 4 is 17.8 Å². The van der Waals surface area contributed by atoms with Gasteiger partial charge in [-0.3, -0.25) is 4.90 Å². The van der Waals surface area contributed by atoms with E-state index in [9.17, 15) is 9.90 Å². The molecule has 1 aliphatic rings. The molecule has 1 N–H and O–H groups in total. The number of oxazole rings is 2. The molecular formula is C39H44N4O6. The molecule has 10 nitrogen and oxygen atoms in total. The number of aromatic hydroxyl groups is 1. The zero-order chi connectivity index (χ0) is 33.8. The van der Waals surface area contributed by atoms with Crippen LogP contribution in [0.4, 0.5) is 5.69 Å². The second kappa shape index (κ2) is 16.7. The molecule has 49 heavy (non-hydrogen) atoms. The molecule has 2 aromatic heterocycles. The molecule has 5 aromatic rings. The minimum atomic E-state index is -0.496. The number of para-hydroxylation sites is 1. The predicted molar refractivity (Wildman–Crippen MR) is 190 cm³/mol. The summed E-state index contributed by atoms with van der Waals surface area (Å²) < 4.78 is 24.0. The van der Waals surface area contributed by atoms with E-state index in [0.717, 1.165) is 69.5 Å². The first kappa shape index (κ1) is 33.7. The maximum absolute atomic E-state index is 12.5. The summed E-state index contributed by atoms with van der Waals surface area (Å²) in [5.41, 5.74) is 4.09. The molecular weight excluding hydrogens is 620 g/mol. The number of unbranched alkanes of at least 4 members (excludes halogenated alkanes) is 1. The third-order valence-corrected chi connectivity index (χ3v) is 8.80. The highest BCUT2D eigenvalue weighted by Gasteiger charge is 2.19. The average molecular weight is 665 g/mol. The molecule has 3 heterocycles. The minimum absolute atomic E-state index is 0.0504. The molecule has 3 aromatic carbocycles. The third kappa shape index (κ3) is 9.23. The number of ether oxygens (including phenoxy) is 2. The molecule has 0 bridgehead atoms. The number of anilines is 1. The summed E-state index contributed by atoms with van der Waals surface area (Å²) in [5.74, 6) is 1.58. The van der Waals surface area contributed by atoms with Crippen molar-refractivity contribution in [2.45, 2.75) is 45.3 Å². The van der Waals surface area contributed by atoms with Gasteiger partial charge in [-0.1, -0.05) is 54.6 Å². The highest BCUT2D eigenvalue weighted by Crippen LogP contribution is 2.30. The van der Waals surface area contributed by atoms with E-state index in [1.165, 1.54) is 10.3 Å². The van der Waals surface area contributed by atoms with Crippen molar-refractivity contribution in [1.82, 2.24) is 14.5 Å². The monoisotopic (exact) mass is 664 g/mol. The predicted octanol–water partition coefficient (Wildman–Crippen LogP) is 6.67. The zero-order valence-electron chi connectivity index (χ0n) is 28.0. The maximum atomic E-state index is 12.5. The van der Waals surface area contributed by atoms with Crippen LogP contribution in [0.15, 0.2) is 98.8 Å². The second-order valence-corrected chi connectivity index (χ2v) is 12.2. The summed E-state index contributed by atoms with van der Waals surface area (Å²) in [6.07, 6.45) is 9.02. The molecule has 1 saturated heterocycles. The largest absolute Gasteiger partial charge is 0.493 e. The Morgan fingerprint density at radius 2 is 1.61 bits per heavy atom. The summed E-state index contributed by atoms with van der Waals surface area (Å²) >= 11 is 0.